The molecule has 0 unspecified atom stereocenters. The molecule has 0 aliphatic carbocycles. The number of hydrogen-bond acceptors (Lipinski definition) is 8. The van der Waals surface area contributed by atoms with Crippen LogP contribution in [-0.4, -0.2) is 28.6 Å². The van der Waals surface area contributed by atoms with Gasteiger partial charge in [0.2, 0.25) is 0 Å². The molecular formula is C26H21N5O4S. The molecule has 5 aromatic rings. The van der Waals surface area contributed by atoms with Crippen LogP contribution in [0.3, 0.4) is 0 Å². The highest BCUT2D eigenvalue weighted by Gasteiger charge is 2.16. The summed E-state index contributed by atoms with van der Waals surface area (Å²) < 4.78 is 32.6. The van der Waals surface area contributed by atoms with Gasteiger partial charge in [-0.15, -0.1) is 0 Å². The number of phenols is 1. The number of rotatable bonds is 7. The zero-order valence-corrected chi connectivity index (χ0v) is 19.9. The largest absolute Gasteiger partial charge is 0.508 e. The highest BCUT2D eigenvalue weighted by Crippen LogP contribution is 2.26. The average molecular weight is 500 g/mol. The smallest absolute Gasteiger partial charge is 0.263 e. The fourth-order valence-corrected chi connectivity index (χ4v) is 4.47. The van der Waals surface area contributed by atoms with Crippen molar-refractivity contribution in [1.82, 2.24) is 15.1 Å². The predicted molar refractivity (Wildman–Crippen MR) is 138 cm³/mol. The number of para-hydroxylation sites is 1. The normalized spacial score (nSPS) is 11.7. The van der Waals surface area contributed by atoms with Crippen molar-refractivity contribution in [2.45, 2.75) is 11.8 Å². The molecule has 3 aromatic carbocycles. The Morgan fingerprint density at radius 2 is 1.67 bits per heavy atom. The van der Waals surface area contributed by atoms with Gasteiger partial charge < -0.3 is 14.9 Å². The van der Waals surface area contributed by atoms with Gasteiger partial charge in [-0.1, -0.05) is 35.5 Å². The van der Waals surface area contributed by atoms with E-state index in [0.717, 1.165) is 16.5 Å². The quantitative estimate of drug-likeness (QED) is 0.273. The lowest BCUT2D eigenvalue weighted by Gasteiger charge is -2.11. The number of aromatic nitrogens is 3. The number of nitrogens with zero attached hydrogens (tertiary/aromatic N) is 3. The lowest BCUT2D eigenvalue weighted by Crippen LogP contribution is -2.13. The van der Waals surface area contributed by atoms with Gasteiger partial charge in [0.15, 0.2) is 11.6 Å². The first-order valence-corrected chi connectivity index (χ1v) is 12.4. The predicted octanol–water partition coefficient (Wildman–Crippen LogP) is 5.35. The summed E-state index contributed by atoms with van der Waals surface area (Å²) in [6, 6.07) is 22.2. The van der Waals surface area contributed by atoms with Crippen LogP contribution in [-0.2, 0) is 10.0 Å². The van der Waals surface area contributed by atoms with Crippen molar-refractivity contribution in [3.8, 4) is 5.75 Å². The number of hydrogen-bond donors (Lipinski definition) is 3. The molecule has 5 rings (SSSR count). The van der Waals surface area contributed by atoms with E-state index in [4.69, 9.17) is 4.52 Å². The maximum Gasteiger partial charge on any atom is 0.263 e. The van der Waals surface area contributed by atoms with Crippen molar-refractivity contribution < 1.29 is 18.0 Å². The van der Waals surface area contributed by atoms with E-state index in [9.17, 15) is 13.5 Å². The second-order valence-electron chi connectivity index (χ2n) is 7.95. The fraction of sp³-hybridized carbons (Fsp3) is 0.0385. The molecule has 0 fully saturated rings. The van der Waals surface area contributed by atoms with E-state index in [1.165, 1.54) is 18.2 Å². The van der Waals surface area contributed by atoms with E-state index in [1.807, 2.05) is 30.3 Å². The summed E-state index contributed by atoms with van der Waals surface area (Å²) >= 11 is 0. The average Bonchev–Trinajstić information content (AvgIpc) is 3.27. The van der Waals surface area contributed by atoms with Crippen LogP contribution in [0.5, 0.6) is 5.75 Å². The van der Waals surface area contributed by atoms with Crippen LogP contribution >= 0.6 is 0 Å². The lowest BCUT2D eigenvalue weighted by atomic mass is 10.2. The van der Waals surface area contributed by atoms with Crippen molar-refractivity contribution in [2.24, 2.45) is 0 Å². The number of fused-ring (bicyclic) bond motifs is 1. The first-order valence-electron chi connectivity index (χ1n) is 10.9. The topological polar surface area (TPSA) is 130 Å². The maximum absolute atomic E-state index is 12.7. The molecule has 0 amide bonds. The van der Waals surface area contributed by atoms with Gasteiger partial charge in [-0.2, -0.15) is 0 Å². The Hall–Kier alpha value is -4.70. The molecule has 9 nitrogen and oxygen atoms in total. The second-order valence-corrected chi connectivity index (χ2v) is 9.63. The van der Waals surface area contributed by atoms with Crippen LogP contribution in [0.2, 0.25) is 0 Å². The zero-order valence-electron chi connectivity index (χ0n) is 19.1. The van der Waals surface area contributed by atoms with Crippen molar-refractivity contribution >= 4 is 50.4 Å². The number of aromatic hydroxyl groups is 1. The highest BCUT2D eigenvalue weighted by molar-refractivity contribution is 7.92. The summed E-state index contributed by atoms with van der Waals surface area (Å²) in [6.45, 7) is 1.68. The minimum absolute atomic E-state index is 0.0822. The maximum atomic E-state index is 12.7. The van der Waals surface area contributed by atoms with E-state index in [0.29, 0.717) is 23.1 Å². The monoisotopic (exact) mass is 499 g/mol. The Morgan fingerprint density at radius 3 is 2.39 bits per heavy atom. The highest BCUT2D eigenvalue weighted by atomic mass is 32.2. The molecule has 2 heterocycles. The molecule has 0 bridgehead atoms. The van der Waals surface area contributed by atoms with Crippen LogP contribution in [0, 0.1) is 6.92 Å². The molecule has 36 heavy (non-hydrogen) atoms. The summed E-state index contributed by atoms with van der Waals surface area (Å²) in [4.78, 5) is 9.34. The molecule has 3 N–H and O–H groups in total. The number of sulfonamides is 1. The van der Waals surface area contributed by atoms with Crippen molar-refractivity contribution in [3.05, 3.63) is 96.0 Å². The number of aryl methyl sites for hydroxylation is 1. The molecular weight excluding hydrogens is 478 g/mol. The van der Waals surface area contributed by atoms with E-state index in [-0.39, 0.29) is 16.5 Å². The van der Waals surface area contributed by atoms with Crippen molar-refractivity contribution in [3.63, 3.8) is 0 Å². The molecule has 0 aliphatic rings. The van der Waals surface area contributed by atoms with Crippen LogP contribution in [0.15, 0.2) is 88.3 Å². The molecule has 180 valence electrons. The van der Waals surface area contributed by atoms with Gasteiger partial charge in [-0.25, -0.2) is 18.4 Å². The van der Waals surface area contributed by atoms with Gasteiger partial charge in [0, 0.05) is 17.1 Å². The van der Waals surface area contributed by atoms with Gasteiger partial charge in [0.25, 0.3) is 10.0 Å². The Labute approximate surface area is 207 Å². The Balaban J connectivity index is 1.40. The molecule has 0 radical (unpaired) electrons. The van der Waals surface area contributed by atoms with Crippen molar-refractivity contribution in [2.75, 3.05) is 10.0 Å². The van der Waals surface area contributed by atoms with Crippen LogP contribution in [0.1, 0.15) is 17.1 Å². The fourth-order valence-electron chi connectivity index (χ4n) is 3.49. The van der Waals surface area contributed by atoms with Gasteiger partial charge >= 0.3 is 0 Å². The van der Waals surface area contributed by atoms with Crippen LogP contribution in [0.4, 0.5) is 17.3 Å². The molecule has 0 saturated heterocycles. The Kier molecular flexibility index (Phi) is 6.09. The van der Waals surface area contributed by atoms with E-state index >= 15 is 0 Å². The standard InChI is InChI=1S/C26H21N5O4S/c1-17-16-25(30-35-17)31-36(33,34)21-13-9-19(10-14-21)27-26-22-4-2-3-5-23(22)28-24(29-26)15-8-18-6-11-20(32)12-7-18/h2-16,32H,1H3,(H,30,31)(H,27,28,29)/b15-8+. The Bertz CT molecular complexity index is 1660. The van der Waals surface area contributed by atoms with Crippen LogP contribution < -0.4 is 10.0 Å². The third-order valence-corrected chi connectivity index (χ3v) is 6.60. The number of benzene rings is 3. The molecule has 0 atom stereocenters. The minimum atomic E-state index is -3.82. The minimum Gasteiger partial charge on any atom is -0.508 e. The van der Waals surface area contributed by atoms with Gasteiger partial charge in [-0.05, 0) is 67.1 Å². The third-order valence-electron chi connectivity index (χ3n) is 5.23. The van der Waals surface area contributed by atoms with Gasteiger partial charge in [-0.3, -0.25) is 4.72 Å². The third kappa shape index (κ3) is 5.18. The summed E-state index contributed by atoms with van der Waals surface area (Å²) in [6.07, 6.45) is 3.65. The van der Waals surface area contributed by atoms with E-state index in [2.05, 4.69) is 25.2 Å². The van der Waals surface area contributed by atoms with Gasteiger partial charge in [0.1, 0.15) is 17.3 Å². The van der Waals surface area contributed by atoms with Crippen molar-refractivity contribution in [1.29, 1.82) is 0 Å². The summed E-state index contributed by atoms with van der Waals surface area (Å²) in [5, 5.41) is 17.2. The molecule has 2 aromatic heterocycles. The number of anilines is 3. The molecule has 0 saturated carbocycles. The summed E-state index contributed by atoms with van der Waals surface area (Å²) in [7, 11) is -3.82. The molecule has 0 aliphatic heterocycles. The zero-order chi connectivity index (χ0) is 25.1. The number of nitrogens with one attached hydrogen (secondary N) is 2. The summed E-state index contributed by atoms with van der Waals surface area (Å²) in [5.74, 6) is 1.90. The SMILES string of the molecule is Cc1cc(NS(=O)(=O)c2ccc(Nc3nc(/C=C/c4ccc(O)cc4)nc4ccccc34)cc2)no1. The number of phenolic OH excluding ortho intramolecular Hbond substituents is 1. The lowest BCUT2D eigenvalue weighted by molar-refractivity contribution is 0.400. The molecule has 0 spiro atoms. The van der Waals surface area contributed by atoms with E-state index < -0.39 is 10.0 Å². The van der Waals surface area contributed by atoms with E-state index in [1.54, 1.807) is 49.4 Å². The molecule has 10 heteroatoms. The second kappa shape index (κ2) is 9.51. The first-order chi connectivity index (χ1) is 17.4. The summed E-state index contributed by atoms with van der Waals surface area (Å²) in [5.41, 5.74) is 2.31. The van der Waals surface area contributed by atoms with Gasteiger partial charge in [0.05, 0.1) is 10.4 Å². The first kappa shape index (κ1) is 23.1. The Morgan fingerprint density at radius 1 is 0.917 bits per heavy atom. The van der Waals surface area contributed by atoms with Crippen LogP contribution in [0.25, 0.3) is 23.1 Å².